The molecule has 2 unspecified atom stereocenters. The van der Waals surface area contributed by atoms with E-state index in [4.69, 9.17) is 18.9 Å². The zero-order valence-corrected chi connectivity index (χ0v) is 18.8. The average Bonchev–Trinajstić information content (AvgIpc) is 2.80. The molecular formula is C16H20Br2O6S. The summed E-state index contributed by atoms with van der Waals surface area (Å²) in [6.45, 7) is 11.2. The van der Waals surface area contributed by atoms with Crippen molar-refractivity contribution in [2.45, 2.75) is 65.3 Å². The van der Waals surface area contributed by atoms with Crippen LogP contribution in [0.3, 0.4) is 0 Å². The first-order valence-corrected chi connectivity index (χ1v) is 9.93. The van der Waals surface area contributed by atoms with Gasteiger partial charge in [0.05, 0.1) is 21.0 Å². The molecule has 0 fully saturated rings. The number of carbonyl (C=O) groups excluding carboxylic acids is 2. The van der Waals surface area contributed by atoms with Crippen LogP contribution in [0.15, 0.2) is 18.8 Å². The molecule has 0 aromatic heterocycles. The van der Waals surface area contributed by atoms with Gasteiger partial charge in [-0.15, -0.1) is 0 Å². The number of hydrogen-bond acceptors (Lipinski definition) is 7. The molecule has 2 aliphatic rings. The summed E-state index contributed by atoms with van der Waals surface area (Å²) < 4.78 is 22.7. The summed E-state index contributed by atoms with van der Waals surface area (Å²) in [5.74, 6) is -1.04. The maximum Gasteiger partial charge on any atom is 0.348 e. The number of carbonyl (C=O) groups is 2. The summed E-state index contributed by atoms with van der Waals surface area (Å²) in [5.41, 5.74) is -1.05. The molecule has 0 saturated carbocycles. The van der Waals surface area contributed by atoms with Crippen LogP contribution < -0.4 is 0 Å². The van der Waals surface area contributed by atoms with Crippen LogP contribution in [0, 0.1) is 0 Å². The molecule has 0 N–H and O–H groups in total. The highest BCUT2D eigenvalue weighted by molar-refractivity contribution is 9.12. The van der Waals surface area contributed by atoms with E-state index in [2.05, 4.69) is 31.9 Å². The minimum Gasteiger partial charge on any atom is -0.427 e. The van der Waals surface area contributed by atoms with Crippen LogP contribution in [-0.2, 0) is 28.5 Å². The molecule has 6 nitrogen and oxygen atoms in total. The predicted octanol–water partition coefficient (Wildman–Crippen LogP) is 4.33. The first-order valence-electron chi connectivity index (χ1n) is 7.53. The van der Waals surface area contributed by atoms with Gasteiger partial charge in [0.25, 0.3) is 0 Å². The fraction of sp³-hybridized carbons (Fsp3) is 0.625. The number of thioether (sulfide) groups is 1. The van der Waals surface area contributed by atoms with E-state index in [0.29, 0.717) is 9.81 Å². The summed E-state index contributed by atoms with van der Waals surface area (Å²) in [4.78, 5) is 24.9. The quantitative estimate of drug-likeness (QED) is 0.533. The van der Waals surface area contributed by atoms with Crippen LogP contribution in [0.2, 0.25) is 0 Å². The molecule has 0 aromatic carbocycles. The first-order chi connectivity index (χ1) is 11.3. The van der Waals surface area contributed by atoms with E-state index in [1.165, 1.54) is 0 Å². The van der Waals surface area contributed by atoms with Crippen molar-refractivity contribution in [2.75, 3.05) is 0 Å². The van der Waals surface area contributed by atoms with E-state index in [0.717, 1.165) is 11.8 Å². The molecule has 2 aliphatic heterocycles. The van der Waals surface area contributed by atoms with Gasteiger partial charge < -0.3 is 18.9 Å². The van der Waals surface area contributed by atoms with Gasteiger partial charge in [-0.05, 0) is 73.4 Å². The second-order valence-electron chi connectivity index (χ2n) is 7.39. The molecule has 0 aliphatic carbocycles. The van der Waals surface area contributed by atoms with Gasteiger partial charge in [0, 0.05) is 0 Å². The van der Waals surface area contributed by atoms with Gasteiger partial charge in [-0.1, -0.05) is 11.8 Å². The minimum atomic E-state index is -0.870. The smallest absolute Gasteiger partial charge is 0.348 e. The van der Waals surface area contributed by atoms with Gasteiger partial charge >= 0.3 is 11.9 Å². The molecule has 2 atom stereocenters. The number of esters is 2. The van der Waals surface area contributed by atoms with E-state index in [1.54, 1.807) is 0 Å². The Balaban J connectivity index is 2.30. The molecule has 2 rings (SSSR count). The molecule has 2 heterocycles. The lowest BCUT2D eigenvalue weighted by Gasteiger charge is -2.27. The molecule has 0 aromatic rings. The monoisotopic (exact) mass is 498 g/mol. The topological polar surface area (TPSA) is 71.1 Å². The SMILES string of the molecule is CC(C)(C)OC1OC(=O)C(Br)=C1SC1=C(Br)C(=O)OC1OC(C)(C)C. The third-order valence-corrected chi connectivity index (χ3v) is 6.05. The Morgan fingerprint density at radius 1 is 0.800 bits per heavy atom. The van der Waals surface area contributed by atoms with Crippen molar-refractivity contribution in [3.8, 4) is 0 Å². The Hall–Kier alpha value is -0.350. The van der Waals surface area contributed by atoms with E-state index >= 15 is 0 Å². The van der Waals surface area contributed by atoms with Crippen LogP contribution in [0.1, 0.15) is 41.5 Å². The van der Waals surface area contributed by atoms with Gasteiger partial charge in [0.1, 0.15) is 8.96 Å². The van der Waals surface area contributed by atoms with E-state index < -0.39 is 35.7 Å². The zero-order valence-electron chi connectivity index (χ0n) is 14.8. The highest BCUT2D eigenvalue weighted by Crippen LogP contribution is 2.46. The van der Waals surface area contributed by atoms with E-state index in [-0.39, 0.29) is 8.96 Å². The third-order valence-electron chi connectivity index (χ3n) is 2.79. The standard InChI is InChI=1S/C16H20Br2O6S/c1-15(2,3)23-13-9(7(17)11(19)21-13)25-10-8(18)12(20)22-14(10)24-16(4,5)6/h13-14H,1-6H3. The molecule has 9 heteroatoms. The lowest BCUT2D eigenvalue weighted by Crippen LogP contribution is -2.30. The van der Waals surface area contributed by atoms with Crippen LogP contribution in [0.4, 0.5) is 0 Å². The number of halogens is 2. The molecule has 0 bridgehead atoms. The fourth-order valence-electron chi connectivity index (χ4n) is 1.91. The number of ether oxygens (including phenoxy) is 4. The maximum atomic E-state index is 11.9. The van der Waals surface area contributed by atoms with Gasteiger partial charge in [0.2, 0.25) is 12.6 Å². The highest BCUT2D eigenvalue weighted by Gasteiger charge is 2.42. The van der Waals surface area contributed by atoms with Gasteiger partial charge in [-0.25, -0.2) is 9.59 Å². The molecule has 0 amide bonds. The minimum absolute atomic E-state index is 0.258. The summed E-state index contributed by atoms with van der Waals surface area (Å²) in [6, 6.07) is 0. The second-order valence-corrected chi connectivity index (χ2v) is 10.1. The third kappa shape index (κ3) is 5.32. The first kappa shape index (κ1) is 21.0. The summed E-state index contributed by atoms with van der Waals surface area (Å²) >= 11 is 7.64. The lowest BCUT2D eigenvalue weighted by atomic mass is 10.2. The Morgan fingerprint density at radius 2 is 1.12 bits per heavy atom. The molecule has 25 heavy (non-hydrogen) atoms. The summed E-state index contributed by atoms with van der Waals surface area (Å²) in [6.07, 6.45) is -1.74. The molecule has 0 spiro atoms. The van der Waals surface area contributed by atoms with E-state index in [9.17, 15) is 9.59 Å². The van der Waals surface area contributed by atoms with Gasteiger partial charge in [0.15, 0.2) is 0 Å². The second kappa shape index (κ2) is 7.34. The van der Waals surface area contributed by atoms with Crippen molar-refractivity contribution in [3.05, 3.63) is 18.8 Å². The Bertz CT molecular complexity index is 601. The Morgan fingerprint density at radius 3 is 1.40 bits per heavy atom. The van der Waals surface area contributed by atoms with Crippen LogP contribution in [-0.4, -0.2) is 35.7 Å². The van der Waals surface area contributed by atoms with Gasteiger partial charge in [-0.3, -0.25) is 0 Å². The summed E-state index contributed by atoms with van der Waals surface area (Å²) in [7, 11) is 0. The number of hydrogen-bond donors (Lipinski definition) is 0. The Labute approximate surface area is 167 Å². The average molecular weight is 500 g/mol. The molecule has 0 saturated heterocycles. The molecule has 140 valence electrons. The van der Waals surface area contributed by atoms with Crippen molar-refractivity contribution in [2.24, 2.45) is 0 Å². The Kier molecular flexibility index (Phi) is 6.15. The van der Waals surface area contributed by atoms with Crippen molar-refractivity contribution < 1.29 is 28.5 Å². The number of cyclic esters (lactones) is 2. The number of rotatable bonds is 4. The fourth-order valence-corrected chi connectivity index (χ4v) is 3.93. The van der Waals surface area contributed by atoms with Crippen molar-refractivity contribution >= 4 is 55.6 Å². The van der Waals surface area contributed by atoms with Crippen LogP contribution in [0.5, 0.6) is 0 Å². The zero-order chi connectivity index (χ0) is 19.2. The molecule has 0 radical (unpaired) electrons. The summed E-state index contributed by atoms with van der Waals surface area (Å²) in [5, 5.41) is 0. The maximum absolute atomic E-state index is 11.9. The molecular weight excluding hydrogens is 480 g/mol. The predicted molar refractivity (Wildman–Crippen MR) is 101 cm³/mol. The lowest BCUT2D eigenvalue weighted by molar-refractivity contribution is -0.178. The van der Waals surface area contributed by atoms with Crippen LogP contribution in [0.25, 0.3) is 0 Å². The highest BCUT2D eigenvalue weighted by atomic mass is 79.9. The van der Waals surface area contributed by atoms with Crippen LogP contribution >= 0.6 is 43.6 Å². The van der Waals surface area contributed by atoms with Crippen molar-refractivity contribution in [3.63, 3.8) is 0 Å². The normalized spacial score (nSPS) is 25.0. The van der Waals surface area contributed by atoms with Crippen molar-refractivity contribution in [1.82, 2.24) is 0 Å². The largest absolute Gasteiger partial charge is 0.427 e. The van der Waals surface area contributed by atoms with E-state index in [1.807, 2.05) is 41.5 Å². The van der Waals surface area contributed by atoms with Crippen molar-refractivity contribution in [1.29, 1.82) is 0 Å². The van der Waals surface area contributed by atoms with Gasteiger partial charge in [-0.2, -0.15) is 0 Å².